The summed E-state index contributed by atoms with van der Waals surface area (Å²) in [6, 6.07) is 18.6. The highest BCUT2D eigenvalue weighted by Gasteiger charge is 2.32. The largest absolute Gasteiger partial charge is 0.495 e. The summed E-state index contributed by atoms with van der Waals surface area (Å²) in [6.45, 7) is 0.437. The molecule has 4 rings (SSSR count). The van der Waals surface area contributed by atoms with Crippen LogP contribution in [0.3, 0.4) is 0 Å². The Labute approximate surface area is 204 Å². The molecule has 0 spiro atoms. The molecule has 1 aliphatic heterocycles. The molecule has 9 heteroatoms. The number of anilines is 1. The van der Waals surface area contributed by atoms with Crippen LogP contribution in [0.25, 0.3) is 6.08 Å². The molecular formula is C24H20ClN3O3S2. The van der Waals surface area contributed by atoms with Gasteiger partial charge in [-0.3, -0.25) is 14.5 Å². The van der Waals surface area contributed by atoms with Gasteiger partial charge in [-0.05, 0) is 41.3 Å². The van der Waals surface area contributed by atoms with Gasteiger partial charge in [0, 0.05) is 11.4 Å². The molecule has 1 aliphatic rings. The number of aliphatic imine (C=N–C) groups is 1. The highest BCUT2D eigenvalue weighted by molar-refractivity contribution is 8.14. The van der Waals surface area contributed by atoms with Crippen LogP contribution in [-0.4, -0.2) is 29.8 Å². The third kappa shape index (κ3) is 5.65. The molecule has 2 heterocycles. The third-order valence-electron chi connectivity index (χ3n) is 4.71. The number of ether oxygens (including phenoxy) is 1. The third-order valence-corrected chi connectivity index (χ3v) is 6.76. The summed E-state index contributed by atoms with van der Waals surface area (Å²) in [4.78, 5) is 32.6. The van der Waals surface area contributed by atoms with Crippen molar-refractivity contribution in [2.24, 2.45) is 4.99 Å². The molecule has 0 saturated carbocycles. The average molecular weight is 498 g/mol. The van der Waals surface area contributed by atoms with Crippen LogP contribution in [0.5, 0.6) is 5.75 Å². The fourth-order valence-corrected chi connectivity index (χ4v) is 4.85. The molecule has 168 valence electrons. The molecule has 0 bridgehead atoms. The molecule has 0 aliphatic carbocycles. The monoisotopic (exact) mass is 497 g/mol. The highest BCUT2D eigenvalue weighted by Crippen LogP contribution is 2.34. The molecule has 0 saturated heterocycles. The minimum atomic E-state index is -0.281. The second-order valence-electron chi connectivity index (χ2n) is 6.95. The Morgan fingerprint density at radius 1 is 1.21 bits per heavy atom. The average Bonchev–Trinajstić information content (AvgIpc) is 3.45. The van der Waals surface area contributed by atoms with Gasteiger partial charge < -0.3 is 10.1 Å². The van der Waals surface area contributed by atoms with Crippen molar-refractivity contribution in [3.63, 3.8) is 0 Å². The van der Waals surface area contributed by atoms with Gasteiger partial charge in [-0.25, -0.2) is 4.99 Å². The summed E-state index contributed by atoms with van der Waals surface area (Å²) in [5.41, 5.74) is 1.87. The van der Waals surface area contributed by atoms with Crippen LogP contribution < -0.4 is 15.0 Å². The van der Waals surface area contributed by atoms with Crippen molar-refractivity contribution in [1.82, 2.24) is 5.32 Å². The highest BCUT2D eigenvalue weighted by atomic mass is 35.5. The molecule has 33 heavy (non-hydrogen) atoms. The van der Waals surface area contributed by atoms with Crippen molar-refractivity contribution in [3.05, 3.63) is 87.2 Å². The van der Waals surface area contributed by atoms with Gasteiger partial charge in [0.15, 0.2) is 5.17 Å². The van der Waals surface area contributed by atoms with Gasteiger partial charge in [0.1, 0.15) is 11.4 Å². The Balaban J connectivity index is 1.53. The van der Waals surface area contributed by atoms with Crippen molar-refractivity contribution in [2.45, 2.75) is 6.54 Å². The van der Waals surface area contributed by atoms with Crippen molar-refractivity contribution in [1.29, 1.82) is 0 Å². The Hall–Kier alpha value is -3.07. The molecule has 3 aromatic rings. The van der Waals surface area contributed by atoms with Crippen LogP contribution in [0.15, 0.2) is 76.7 Å². The van der Waals surface area contributed by atoms with Gasteiger partial charge in [-0.2, -0.15) is 0 Å². The zero-order chi connectivity index (χ0) is 23.2. The molecule has 2 aromatic carbocycles. The smallest absolute Gasteiger partial charge is 0.283 e. The number of hydrogen-bond donors (Lipinski definition) is 1. The number of nitrogens with zero attached hydrogens (tertiary/aromatic N) is 2. The number of amidine groups is 1. The first kappa shape index (κ1) is 23.1. The van der Waals surface area contributed by atoms with Crippen LogP contribution in [-0.2, 0) is 16.1 Å². The summed E-state index contributed by atoms with van der Waals surface area (Å²) in [6.07, 6.45) is 1.74. The molecule has 0 unspecified atom stereocenters. The number of halogens is 1. The number of thioether (sulfide) groups is 1. The number of nitrogens with one attached hydrogen (secondary N) is 1. The molecule has 0 atom stereocenters. The van der Waals surface area contributed by atoms with Gasteiger partial charge in [0.2, 0.25) is 5.91 Å². The minimum Gasteiger partial charge on any atom is -0.495 e. The number of benzene rings is 2. The maximum absolute atomic E-state index is 13.2. The van der Waals surface area contributed by atoms with Crippen molar-refractivity contribution in [2.75, 3.05) is 17.8 Å². The van der Waals surface area contributed by atoms with E-state index < -0.39 is 0 Å². The fourth-order valence-electron chi connectivity index (χ4n) is 3.10. The number of carbonyl (C=O) groups excluding carboxylic acids is 2. The second kappa shape index (κ2) is 10.7. The lowest BCUT2D eigenvalue weighted by Gasteiger charge is -2.18. The zero-order valence-corrected chi connectivity index (χ0v) is 20.0. The van der Waals surface area contributed by atoms with E-state index in [1.54, 1.807) is 24.3 Å². The van der Waals surface area contributed by atoms with Crippen LogP contribution >= 0.6 is 34.7 Å². The summed E-state index contributed by atoms with van der Waals surface area (Å²) in [5.74, 6) is 0.193. The van der Waals surface area contributed by atoms with Gasteiger partial charge in [-0.15, -0.1) is 11.3 Å². The van der Waals surface area contributed by atoms with E-state index in [1.165, 1.54) is 35.1 Å². The molecule has 0 fully saturated rings. The molecule has 0 radical (unpaired) electrons. The van der Waals surface area contributed by atoms with Gasteiger partial charge in [0.25, 0.3) is 5.91 Å². The van der Waals surface area contributed by atoms with E-state index in [4.69, 9.17) is 16.3 Å². The normalized spacial score (nSPS) is 14.5. The maximum atomic E-state index is 13.2. The summed E-state index contributed by atoms with van der Waals surface area (Å²) in [7, 11) is 1.53. The number of hydrogen-bond acceptors (Lipinski definition) is 6. The van der Waals surface area contributed by atoms with Crippen LogP contribution in [0.1, 0.15) is 10.4 Å². The second-order valence-corrected chi connectivity index (χ2v) is 9.28. The molecular weight excluding hydrogens is 478 g/mol. The Morgan fingerprint density at radius 3 is 2.73 bits per heavy atom. The predicted octanol–water partition coefficient (Wildman–Crippen LogP) is 5.20. The van der Waals surface area contributed by atoms with Crippen molar-refractivity contribution < 1.29 is 14.3 Å². The maximum Gasteiger partial charge on any atom is 0.283 e. The van der Waals surface area contributed by atoms with E-state index in [9.17, 15) is 9.59 Å². The van der Waals surface area contributed by atoms with Crippen molar-refractivity contribution in [3.8, 4) is 5.75 Å². The fraction of sp³-hybridized carbons (Fsp3) is 0.125. The first-order valence-corrected chi connectivity index (χ1v) is 12.2. The quantitative estimate of drug-likeness (QED) is 0.455. The molecule has 1 N–H and O–H groups in total. The van der Waals surface area contributed by atoms with Crippen LogP contribution in [0.2, 0.25) is 5.02 Å². The topological polar surface area (TPSA) is 71.0 Å². The zero-order valence-electron chi connectivity index (χ0n) is 17.7. The molecule has 6 nitrogen and oxygen atoms in total. The first-order valence-electron chi connectivity index (χ1n) is 10.0. The van der Waals surface area contributed by atoms with Crippen LogP contribution in [0.4, 0.5) is 5.69 Å². The number of amides is 2. The van der Waals surface area contributed by atoms with Gasteiger partial charge in [0.05, 0.1) is 23.6 Å². The van der Waals surface area contributed by atoms with E-state index >= 15 is 0 Å². The summed E-state index contributed by atoms with van der Waals surface area (Å²) in [5, 5.41) is 5.62. The Morgan fingerprint density at radius 2 is 2.03 bits per heavy atom. The van der Waals surface area contributed by atoms with E-state index in [0.717, 1.165) is 10.4 Å². The van der Waals surface area contributed by atoms with E-state index in [0.29, 0.717) is 33.9 Å². The Bertz CT molecular complexity index is 1210. The lowest BCUT2D eigenvalue weighted by Crippen LogP contribution is -2.32. The van der Waals surface area contributed by atoms with Gasteiger partial charge >= 0.3 is 0 Å². The number of carbonyl (C=O) groups is 2. The lowest BCUT2D eigenvalue weighted by atomic mass is 10.2. The summed E-state index contributed by atoms with van der Waals surface area (Å²) < 4.78 is 5.22. The van der Waals surface area contributed by atoms with E-state index in [-0.39, 0.29) is 17.6 Å². The van der Waals surface area contributed by atoms with E-state index in [2.05, 4.69) is 10.3 Å². The standard InChI is InChI=1S/C24H20ClN3O3S2/c1-31-21-10-9-17(12-19(21)25)28-23(30)20(13-18-8-5-11-32-18)27-24(28)33-15-22(29)26-14-16-6-3-2-4-7-16/h2-13H,14-15H2,1H3,(H,26,29)/b20-13+. The number of thiophene rings is 1. The van der Waals surface area contributed by atoms with Crippen molar-refractivity contribution >= 4 is 63.4 Å². The van der Waals surface area contributed by atoms with E-state index in [1.807, 2.05) is 47.8 Å². The van der Waals surface area contributed by atoms with Crippen LogP contribution in [0, 0.1) is 0 Å². The first-order chi connectivity index (χ1) is 16.0. The summed E-state index contributed by atoms with van der Waals surface area (Å²) >= 11 is 9.01. The predicted molar refractivity (Wildman–Crippen MR) is 136 cm³/mol. The van der Waals surface area contributed by atoms with Gasteiger partial charge in [-0.1, -0.05) is 59.8 Å². The number of rotatable bonds is 7. The minimum absolute atomic E-state index is 0.117. The molecule has 2 amide bonds. The SMILES string of the molecule is COc1ccc(N2C(=O)/C(=C\c3cccs3)N=C2SCC(=O)NCc2ccccc2)cc1Cl. The Kier molecular flexibility index (Phi) is 7.49. The molecule has 1 aromatic heterocycles. The lowest BCUT2D eigenvalue weighted by molar-refractivity contribution is -0.118. The number of methoxy groups -OCH3 is 1.